The zero-order chi connectivity index (χ0) is 27.2. The summed E-state index contributed by atoms with van der Waals surface area (Å²) in [6.07, 6.45) is -1.11. The van der Waals surface area contributed by atoms with Crippen LogP contribution in [-0.4, -0.2) is 43.2 Å². The van der Waals surface area contributed by atoms with Gasteiger partial charge in [-0.2, -0.15) is 5.26 Å². The van der Waals surface area contributed by atoms with E-state index in [-0.39, 0.29) is 22.9 Å². The lowest BCUT2D eigenvalue weighted by Crippen LogP contribution is -2.40. The summed E-state index contributed by atoms with van der Waals surface area (Å²) >= 11 is 6.04. The summed E-state index contributed by atoms with van der Waals surface area (Å²) in [5.74, 6) is 0. The second-order valence-corrected chi connectivity index (χ2v) is 11.9. The number of hydrogen-bond donors (Lipinski definition) is 1. The van der Waals surface area contributed by atoms with E-state index < -0.39 is 27.6 Å². The van der Waals surface area contributed by atoms with Crippen LogP contribution in [0.1, 0.15) is 43.6 Å². The highest BCUT2D eigenvalue weighted by Gasteiger charge is 2.25. The number of aliphatic hydroxyl groups excluding tert-OH is 1. The largest absolute Gasteiger partial charge is 0.444 e. The maximum absolute atomic E-state index is 12.9. The first-order valence-electron chi connectivity index (χ1n) is 11.6. The number of ether oxygens (including phenoxy) is 1. The van der Waals surface area contributed by atoms with Crippen molar-refractivity contribution in [1.29, 1.82) is 5.26 Å². The molecule has 0 aliphatic carbocycles. The van der Waals surface area contributed by atoms with E-state index in [1.165, 1.54) is 41.3 Å². The molecule has 0 fully saturated rings. The molecule has 0 radical (unpaired) electrons. The Kier molecular flexibility index (Phi) is 8.98. The Labute approximate surface area is 222 Å². The number of sulfone groups is 1. The monoisotopic (exact) mass is 540 g/mol. The summed E-state index contributed by atoms with van der Waals surface area (Å²) < 4.78 is 31.4. The smallest absolute Gasteiger partial charge is 0.410 e. The van der Waals surface area contributed by atoms with Crippen molar-refractivity contribution in [2.24, 2.45) is 0 Å². The Balaban J connectivity index is 1.74. The van der Waals surface area contributed by atoms with Crippen molar-refractivity contribution in [2.75, 3.05) is 13.1 Å². The molecule has 0 heterocycles. The number of carbonyl (C=O) groups excluding carboxylic acids is 1. The third-order valence-electron chi connectivity index (χ3n) is 5.48. The minimum Gasteiger partial charge on any atom is -0.444 e. The summed E-state index contributed by atoms with van der Waals surface area (Å²) in [5, 5.41) is 20.1. The van der Waals surface area contributed by atoms with E-state index in [9.17, 15) is 18.3 Å². The summed E-state index contributed by atoms with van der Waals surface area (Å²) in [4.78, 5) is 14.5. The number of hydrogen-bond acceptors (Lipinski definition) is 6. The molecule has 0 aliphatic rings. The lowest BCUT2D eigenvalue weighted by molar-refractivity contribution is 0.0147. The predicted octanol–water partition coefficient (Wildman–Crippen LogP) is 5.56. The maximum atomic E-state index is 12.9. The van der Waals surface area contributed by atoms with Crippen LogP contribution in [0.25, 0.3) is 0 Å². The number of rotatable bonds is 8. The number of halogens is 1. The van der Waals surface area contributed by atoms with Crippen LogP contribution in [0.2, 0.25) is 5.02 Å². The van der Waals surface area contributed by atoms with Crippen LogP contribution in [0, 0.1) is 11.3 Å². The maximum Gasteiger partial charge on any atom is 0.410 e. The molecule has 194 valence electrons. The zero-order valence-corrected chi connectivity index (χ0v) is 22.5. The Morgan fingerprint density at radius 1 is 1.05 bits per heavy atom. The van der Waals surface area contributed by atoms with E-state index in [1.807, 2.05) is 6.07 Å². The van der Waals surface area contributed by atoms with Crippen LogP contribution in [-0.2, 0) is 21.0 Å². The van der Waals surface area contributed by atoms with E-state index in [2.05, 4.69) is 0 Å². The van der Waals surface area contributed by atoms with E-state index in [1.54, 1.807) is 57.2 Å². The fourth-order valence-corrected chi connectivity index (χ4v) is 5.02. The van der Waals surface area contributed by atoms with Crippen molar-refractivity contribution in [3.8, 4) is 6.07 Å². The average molecular weight is 541 g/mol. The fourth-order valence-electron chi connectivity index (χ4n) is 3.56. The molecule has 1 N–H and O–H groups in total. The van der Waals surface area contributed by atoms with Gasteiger partial charge >= 0.3 is 6.09 Å². The van der Waals surface area contributed by atoms with Gasteiger partial charge in [0, 0.05) is 11.6 Å². The van der Waals surface area contributed by atoms with Crippen LogP contribution in [0.15, 0.2) is 82.6 Å². The molecule has 3 rings (SSSR count). The average Bonchev–Trinajstić information content (AvgIpc) is 2.85. The number of carbonyl (C=O) groups is 1. The molecular formula is C28H29ClN2O5S. The van der Waals surface area contributed by atoms with Crippen molar-refractivity contribution in [2.45, 2.75) is 48.7 Å². The molecule has 9 heteroatoms. The van der Waals surface area contributed by atoms with Gasteiger partial charge in [-0.25, -0.2) is 13.2 Å². The number of aliphatic hydroxyl groups is 1. The topological polar surface area (TPSA) is 108 Å². The standard InChI is InChI=1S/C28H29ClN2O5S/c1-28(2,3)36-27(33)31(19-26(32)22-5-4-6-23(29)17-22)16-15-20-7-11-24(12-8-20)37(34,35)25-13-9-21(18-30)10-14-25/h4-14,17,26,32H,15-16,19H2,1-3H3. The second-order valence-electron chi connectivity index (χ2n) is 9.53. The van der Waals surface area contributed by atoms with Gasteiger partial charge in [0.1, 0.15) is 5.60 Å². The minimum atomic E-state index is -3.73. The second kappa shape index (κ2) is 11.8. The molecule has 0 aliphatic heterocycles. The molecule has 0 saturated carbocycles. The zero-order valence-electron chi connectivity index (χ0n) is 20.9. The van der Waals surface area contributed by atoms with Gasteiger partial charge in [0.05, 0.1) is 34.1 Å². The Hall–Kier alpha value is -3.38. The van der Waals surface area contributed by atoms with Gasteiger partial charge in [-0.1, -0.05) is 35.9 Å². The van der Waals surface area contributed by atoms with E-state index in [0.29, 0.717) is 22.6 Å². The molecule has 0 bridgehead atoms. The molecule has 1 unspecified atom stereocenters. The number of benzene rings is 3. The molecule has 0 saturated heterocycles. The lowest BCUT2D eigenvalue weighted by atomic mass is 10.1. The quantitative estimate of drug-likeness (QED) is 0.401. The highest BCUT2D eigenvalue weighted by molar-refractivity contribution is 7.91. The predicted molar refractivity (Wildman–Crippen MR) is 141 cm³/mol. The molecule has 7 nitrogen and oxygen atoms in total. The molecule has 3 aromatic rings. The van der Waals surface area contributed by atoms with Crippen molar-refractivity contribution in [1.82, 2.24) is 4.90 Å². The molecule has 1 amide bonds. The fraction of sp³-hybridized carbons (Fsp3) is 0.286. The normalized spacial score (nSPS) is 12.4. The third-order valence-corrected chi connectivity index (χ3v) is 7.50. The van der Waals surface area contributed by atoms with Gasteiger partial charge in [0.25, 0.3) is 0 Å². The van der Waals surface area contributed by atoms with Crippen LogP contribution >= 0.6 is 11.6 Å². The molecule has 1 atom stereocenters. The van der Waals surface area contributed by atoms with Crippen molar-refractivity contribution in [3.63, 3.8) is 0 Å². The van der Waals surface area contributed by atoms with E-state index in [0.717, 1.165) is 5.56 Å². The van der Waals surface area contributed by atoms with Gasteiger partial charge in [-0.15, -0.1) is 0 Å². The molecule has 0 spiro atoms. The highest BCUT2D eigenvalue weighted by Crippen LogP contribution is 2.23. The van der Waals surface area contributed by atoms with Crippen LogP contribution < -0.4 is 0 Å². The third kappa shape index (κ3) is 7.80. The molecule has 37 heavy (non-hydrogen) atoms. The Morgan fingerprint density at radius 2 is 1.65 bits per heavy atom. The highest BCUT2D eigenvalue weighted by atomic mass is 35.5. The lowest BCUT2D eigenvalue weighted by Gasteiger charge is -2.29. The summed E-state index contributed by atoms with van der Waals surface area (Å²) in [7, 11) is -3.73. The van der Waals surface area contributed by atoms with Crippen molar-refractivity contribution in [3.05, 3.63) is 94.5 Å². The number of amides is 1. The first-order valence-corrected chi connectivity index (χ1v) is 13.5. The first-order chi connectivity index (χ1) is 17.4. The van der Waals surface area contributed by atoms with Crippen molar-refractivity contribution >= 4 is 27.5 Å². The number of nitrogens with zero attached hydrogens (tertiary/aromatic N) is 2. The van der Waals surface area contributed by atoms with Crippen LogP contribution in [0.5, 0.6) is 0 Å². The molecule has 3 aromatic carbocycles. The van der Waals surface area contributed by atoms with Crippen molar-refractivity contribution < 1.29 is 23.1 Å². The summed E-state index contributed by atoms with van der Waals surface area (Å²) in [6, 6.07) is 20.9. The SMILES string of the molecule is CC(C)(C)OC(=O)N(CCc1ccc(S(=O)(=O)c2ccc(C#N)cc2)cc1)CC(O)c1cccc(Cl)c1. The number of nitriles is 1. The minimum absolute atomic E-state index is 0.000408. The van der Waals surface area contributed by atoms with E-state index in [4.69, 9.17) is 21.6 Å². The van der Waals surface area contributed by atoms with Gasteiger partial charge in [-0.05, 0) is 86.8 Å². The van der Waals surface area contributed by atoms with Gasteiger partial charge in [0.15, 0.2) is 0 Å². The van der Waals surface area contributed by atoms with Gasteiger partial charge in [-0.3, -0.25) is 0 Å². The molecular weight excluding hydrogens is 512 g/mol. The summed E-state index contributed by atoms with van der Waals surface area (Å²) in [5.41, 5.74) is 1.06. The van der Waals surface area contributed by atoms with Crippen LogP contribution in [0.3, 0.4) is 0 Å². The first kappa shape index (κ1) is 28.2. The Morgan fingerprint density at radius 3 is 2.19 bits per heavy atom. The summed E-state index contributed by atoms with van der Waals surface area (Å²) in [6.45, 7) is 5.55. The van der Waals surface area contributed by atoms with Gasteiger partial charge in [0.2, 0.25) is 9.84 Å². The van der Waals surface area contributed by atoms with Crippen LogP contribution in [0.4, 0.5) is 4.79 Å². The Bertz CT molecular complexity index is 1380. The van der Waals surface area contributed by atoms with Gasteiger partial charge < -0.3 is 14.7 Å². The molecule has 0 aromatic heterocycles. The van der Waals surface area contributed by atoms with E-state index >= 15 is 0 Å².